The second-order valence-electron chi connectivity index (χ2n) is 6.43. The van der Waals surface area contributed by atoms with Gasteiger partial charge in [0.1, 0.15) is 12.8 Å². The van der Waals surface area contributed by atoms with Crippen LogP contribution in [-0.2, 0) is 4.79 Å². The first kappa shape index (κ1) is 18.6. The van der Waals surface area contributed by atoms with E-state index >= 15 is 0 Å². The zero-order valence-corrected chi connectivity index (χ0v) is 15.4. The number of amides is 2. The van der Waals surface area contributed by atoms with Crippen LogP contribution in [0.3, 0.4) is 0 Å². The lowest BCUT2D eigenvalue weighted by Gasteiger charge is -2.22. The summed E-state index contributed by atoms with van der Waals surface area (Å²) in [6.45, 7) is 2.61. The summed E-state index contributed by atoms with van der Waals surface area (Å²) in [5.74, 6) is -0.103. The SMILES string of the molecule is CCCCCN(CC(=O)Nc1ccon1)C(=O)c1ccc2ccccc2c1. The molecule has 0 fully saturated rings. The number of carbonyl (C=O) groups excluding carboxylic acids is 2. The van der Waals surface area contributed by atoms with E-state index in [-0.39, 0.29) is 18.4 Å². The molecule has 0 bridgehead atoms. The van der Waals surface area contributed by atoms with Gasteiger partial charge in [-0.3, -0.25) is 9.59 Å². The summed E-state index contributed by atoms with van der Waals surface area (Å²) < 4.78 is 4.71. The molecular formula is C21H23N3O3. The average molecular weight is 365 g/mol. The fourth-order valence-electron chi connectivity index (χ4n) is 2.94. The summed E-state index contributed by atoms with van der Waals surface area (Å²) >= 11 is 0. The van der Waals surface area contributed by atoms with Crippen LogP contribution in [0.15, 0.2) is 59.3 Å². The number of nitrogens with one attached hydrogen (secondary N) is 1. The first-order valence-corrected chi connectivity index (χ1v) is 9.15. The molecule has 140 valence electrons. The number of hydrogen-bond donors (Lipinski definition) is 1. The van der Waals surface area contributed by atoms with Gasteiger partial charge in [-0.1, -0.05) is 55.3 Å². The molecule has 6 nitrogen and oxygen atoms in total. The Morgan fingerprint density at radius 2 is 1.89 bits per heavy atom. The summed E-state index contributed by atoms with van der Waals surface area (Å²) in [6, 6.07) is 15.1. The summed E-state index contributed by atoms with van der Waals surface area (Å²) in [5.41, 5.74) is 0.583. The molecule has 2 aromatic carbocycles. The summed E-state index contributed by atoms with van der Waals surface area (Å²) in [5, 5.41) is 8.39. The number of anilines is 1. The van der Waals surface area contributed by atoms with Crippen LogP contribution in [0.25, 0.3) is 10.8 Å². The summed E-state index contributed by atoms with van der Waals surface area (Å²) in [7, 11) is 0. The monoisotopic (exact) mass is 365 g/mol. The van der Waals surface area contributed by atoms with Gasteiger partial charge < -0.3 is 14.7 Å². The van der Waals surface area contributed by atoms with Crippen molar-refractivity contribution >= 4 is 28.4 Å². The second-order valence-corrected chi connectivity index (χ2v) is 6.43. The molecule has 3 aromatic rings. The predicted octanol–water partition coefficient (Wildman–Crippen LogP) is 4.10. The smallest absolute Gasteiger partial charge is 0.254 e. The molecule has 0 aliphatic carbocycles. The van der Waals surface area contributed by atoms with Crippen LogP contribution >= 0.6 is 0 Å². The van der Waals surface area contributed by atoms with Crippen molar-refractivity contribution in [1.82, 2.24) is 10.1 Å². The Labute approximate surface area is 158 Å². The fraction of sp³-hybridized carbons (Fsp3) is 0.286. The average Bonchev–Trinajstić information content (AvgIpc) is 3.19. The maximum absolute atomic E-state index is 13.0. The van der Waals surface area contributed by atoms with Gasteiger partial charge in [-0.15, -0.1) is 0 Å². The minimum absolute atomic E-state index is 0.0256. The van der Waals surface area contributed by atoms with Crippen LogP contribution in [0.1, 0.15) is 36.5 Å². The number of fused-ring (bicyclic) bond motifs is 1. The van der Waals surface area contributed by atoms with Crippen molar-refractivity contribution in [2.45, 2.75) is 26.2 Å². The van der Waals surface area contributed by atoms with E-state index < -0.39 is 0 Å². The zero-order chi connectivity index (χ0) is 19.1. The molecular weight excluding hydrogens is 342 g/mol. The number of aromatic nitrogens is 1. The van der Waals surface area contributed by atoms with Gasteiger partial charge >= 0.3 is 0 Å². The van der Waals surface area contributed by atoms with Crippen molar-refractivity contribution < 1.29 is 14.1 Å². The lowest BCUT2D eigenvalue weighted by atomic mass is 10.1. The molecule has 2 amide bonds. The molecule has 0 radical (unpaired) electrons. The molecule has 0 atom stereocenters. The van der Waals surface area contributed by atoms with E-state index in [2.05, 4.69) is 17.4 Å². The topological polar surface area (TPSA) is 75.4 Å². The van der Waals surface area contributed by atoms with Crippen LogP contribution in [0.4, 0.5) is 5.82 Å². The van der Waals surface area contributed by atoms with E-state index in [4.69, 9.17) is 4.52 Å². The van der Waals surface area contributed by atoms with Crippen LogP contribution in [-0.4, -0.2) is 35.0 Å². The predicted molar refractivity (Wildman–Crippen MR) is 105 cm³/mol. The van der Waals surface area contributed by atoms with Crippen LogP contribution < -0.4 is 5.32 Å². The van der Waals surface area contributed by atoms with Gasteiger partial charge in [0.25, 0.3) is 5.91 Å². The van der Waals surface area contributed by atoms with Crippen molar-refractivity contribution in [3.63, 3.8) is 0 Å². The molecule has 3 rings (SSSR count). The number of nitrogens with zero attached hydrogens (tertiary/aromatic N) is 2. The molecule has 27 heavy (non-hydrogen) atoms. The zero-order valence-electron chi connectivity index (χ0n) is 15.4. The van der Waals surface area contributed by atoms with Crippen LogP contribution in [0.5, 0.6) is 0 Å². The molecule has 0 saturated heterocycles. The van der Waals surface area contributed by atoms with E-state index in [0.29, 0.717) is 17.9 Å². The number of benzene rings is 2. The van der Waals surface area contributed by atoms with Gasteiger partial charge in [0, 0.05) is 18.2 Å². The molecule has 0 aliphatic rings. The Hall–Kier alpha value is -3.15. The molecule has 1 N–H and O–H groups in total. The van der Waals surface area contributed by atoms with Crippen molar-refractivity contribution in [3.05, 3.63) is 60.4 Å². The van der Waals surface area contributed by atoms with E-state index in [0.717, 1.165) is 30.0 Å². The standard InChI is InChI=1S/C21H23N3O3/c1-2-3-6-12-24(15-20(25)22-19-11-13-27-23-19)21(26)18-10-9-16-7-4-5-8-17(16)14-18/h4-5,7-11,13-14H,2-3,6,12,15H2,1H3,(H,22,23,25). The Kier molecular flexibility index (Phi) is 6.20. The molecule has 1 aromatic heterocycles. The summed E-state index contributed by atoms with van der Waals surface area (Å²) in [6.07, 6.45) is 4.29. The van der Waals surface area contributed by atoms with Crippen molar-refractivity contribution in [2.75, 3.05) is 18.4 Å². The Morgan fingerprint density at radius 3 is 2.63 bits per heavy atom. The molecule has 0 unspecified atom stereocenters. The quantitative estimate of drug-likeness (QED) is 0.610. The Bertz CT molecular complexity index is 906. The minimum atomic E-state index is -0.297. The van der Waals surface area contributed by atoms with Crippen LogP contribution in [0, 0.1) is 0 Å². The third-order valence-corrected chi connectivity index (χ3v) is 4.35. The molecule has 0 saturated carbocycles. The largest absolute Gasteiger partial charge is 0.363 e. The highest BCUT2D eigenvalue weighted by Gasteiger charge is 2.19. The van der Waals surface area contributed by atoms with Gasteiger partial charge in [0.15, 0.2) is 5.82 Å². The van der Waals surface area contributed by atoms with E-state index in [1.807, 2.05) is 42.5 Å². The van der Waals surface area contributed by atoms with Gasteiger partial charge in [0.2, 0.25) is 5.91 Å². The lowest BCUT2D eigenvalue weighted by Crippen LogP contribution is -2.38. The fourth-order valence-corrected chi connectivity index (χ4v) is 2.94. The Morgan fingerprint density at radius 1 is 1.07 bits per heavy atom. The highest BCUT2D eigenvalue weighted by Crippen LogP contribution is 2.17. The maximum atomic E-state index is 13.0. The van der Waals surface area contributed by atoms with Crippen molar-refractivity contribution in [1.29, 1.82) is 0 Å². The van der Waals surface area contributed by atoms with Crippen molar-refractivity contribution in [3.8, 4) is 0 Å². The normalized spacial score (nSPS) is 10.7. The third-order valence-electron chi connectivity index (χ3n) is 4.35. The number of rotatable bonds is 8. The first-order chi connectivity index (χ1) is 13.2. The minimum Gasteiger partial charge on any atom is -0.363 e. The molecule has 6 heteroatoms. The van der Waals surface area contributed by atoms with Gasteiger partial charge in [-0.25, -0.2) is 0 Å². The number of carbonyl (C=O) groups is 2. The third kappa shape index (κ3) is 4.94. The van der Waals surface area contributed by atoms with E-state index in [1.165, 1.54) is 6.26 Å². The summed E-state index contributed by atoms with van der Waals surface area (Å²) in [4.78, 5) is 26.9. The number of hydrogen-bond acceptors (Lipinski definition) is 4. The van der Waals surface area contributed by atoms with E-state index in [9.17, 15) is 9.59 Å². The first-order valence-electron chi connectivity index (χ1n) is 9.15. The molecule has 0 spiro atoms. The maximum Gasteiger partial charge on any atom is 0.254 e. The number of unbranched alkanes of at least 4 members (excludes halogenated alkanes) is 2. The van der Waals surface area contributed by atoms with Gasteiger partial charge in [-0.2, -0.15) is 0 Å². The second kappa shape index (κ2) is 8.98. The highest BCUT2D eigenvalue weighted by molar-refractivity contribution is 6.01. The van der Waals surface area contributed by atoms with Crippen LogP contribution in [0.2, 0.25) is 0 Å². The Balaban J connectivity index is 1.75. The lowest BCUT2D eigenvalue weighted by molar-refractivity contribution is -0.117. The highest BCUT2D eigenvalue weighted by atomic mass is 16.5. The van der Waals surface area contributed by atoms with Crippen molar-refractivity contribution in [2.24, 2.45) is 0 Å². The van der Waals surface area contributed by atoms with Gasteiger partial charge in [0.05, 0.1) is 0 Å². The molecule has 1 heterocycles. The molecule has 0 aliphatic heterocycles. The van der Waals surface area contributed by atoms with E-state index in [1.54, 1.807) is 11.0 Å². The van der Waals surface area contributed by atoms with Gasteiger partial charge in [-0.05, 0) is 29.3 Å².